The zero-order valence-corrected chi connectivity index (χ0v) is 35.4. The predicted molar refractivity (Wildman–Crippen MR) is 220 cm³/mol. The van der Waals surface area contributed by atoms with E-state index >= 15 is 0 Å². The fourth-order valence-electron chi connectivity index (χ4n) is 8.28. The van der Waals surface area contributed by atoms with Gasteiger partial charge in [0, 0.05) is 48.3 Å². The van der Waals surface area contributed by atoms with Gasteiger partial charge in [0.1, 0.15) is 27.3 Å². The van der Waals surface area contributed by atoms with E-state index in [1.165, 1.54) is 29.1 Å². The number of benzene rings is 2. The van der Waals surface area contributed by atoms with Gasteiger partial charge in [-0.3, -0.25) is 19.0 Å². The quantitative estimate of drug-likeness (QED) is 0.194. The average Bonchev–Trinajstić information content (AvgIpc) is 3.47. The lowest BCUT2D eigenvalue weighted by Crippen LogP contribution is -2.47. The van der Waals surface area contributed by atoms with Crippen LogP contribution in [0.4, 0.5) is 10.5 Å². The largest absolute Gasteiger partial charge is 0.509 e. The molecule has 6 rings (SSSR count). The summed E-state index contributed by atoms with van der Waals surface area (Å²) in [5, 5.41) is 4.84. The Balaban J connectivity index is 1.47. The molecule has 308 valence electrons. The summed E-state index contributed by atoms with van der Waals surface area (Å²) >= 11 is 6.48. The Bertz CT molecular complexity index is 2150. The Morgan fingerprint density at radius 2 is 1.96 bits per heavy atom. The normalized spacial score (nSPS) is 27.0. The number of hydrogen-bond donors (Lipinski definition) is 1. The number of aromatic nitrogens is 2. The molecule has 2 amide bonds. The Kier molecular flexibility index (Phi) is 12.9. The average molecular weight is 824 g/mol. The number of allylic oxidation sites excluding steroid dienone is 1. The molecule has 6 atom stereocenters. The van der Waals surface area contributed by atoms with Gasteiger partial charge in [-0.2, -0.15) is 0 Å². The topological polar surface area (TPSA) is 151 Å². The van der Waals surface area contributed by atoms with Crippen molar-refractivity contribution in [2.24, 2.45) is 29.2 Å². The highest BCUT2D eigenvalue weighted by molar-refractivity contribution is 7.92. The molecule has 0 fully saturated rings. The fraction of sp³-hybridized carbons (Fsp3) is 0.524. The lowest BCUT2D eigenvalue weighted by Gasteiger charge is -2.42. The van der Waals surface area contributed by atoms with Crippen molar-refractivity contribution in [1.82, 2.24) is 14.5 Å². The van der Waals surface area contributed by atoms with Gasteiger partial charge in [-0.15, -0.1) is 9.46 Å². The number of nitrogens with zero attached hydrogens (tertiary/aromatic N) is 4. The zero-order valence-electron chi connectivity index (χ0n) is 33.8. The molecule has 3 aromatic rings. The molecule has 57 heavy (non-hydrogen) atoms. The van der Waals surface area contributed by atoms with Gasteiger partial charge in [-0.1, -0.05) is 50.9 Å². The van der Waals surface area contributed by atoms with Gasteiger partial charge < -0.3 is 23.8 Å². The van der Waals surface area contributed by atoms with E-state index in [2.05, 4.69) is 39.0 Å². The maximum Gasteiger partial charge on any atom is 0.509 e. The van der Waals surface area contributed by atoms with Gasteiger partial charge in [-0.25, -0.2) is 9.00 Å². The van der Waals surface area contributed by atoms with Crippen molar-refractivity contribution >= 4 is 45.2 Å². The van der Waals surface area contributed by atoms with Crippen LogP contribution in [0.25, 0.3) is 0 Å². The molecule has 1 spiro atoms. The molecule has 0 radical (unpaired) electrons. The number of nitrogens with one attached hydrogen (secondary N) is 1. The highest BCUT2D eigenvalue weighted by Gasteiger charge is 2.43. The Hall–Kier alpha value is -4.56. The van der Waals surface area contributed by atoms with E-state index < -0.39 is 34.0 Å². The minimum atomic E-state index is -3.71. The molecule has 1 aromatic heterocycles. The van der Waals surface area contributed by atoms with Crippen LogP contribution in [0.1, 0.15) is 92.1 Å². The van der Waals surface area contributed by atoms with Crippen molar-refractivity contribution in [2.45, 2.75) is 84.3 Å². The van der Waals surface area contributed by atoms with E-state index in [0.717, 1.165) is 25.7 Å². The molecular weight excluding hydrogens is 770 g/mol. The Morgan fingerprint density at radius 1 is 1.18 bits per heavy atom. The van der Waals surface area contributed by atoms with Gasteiger partial charge in [0.25, 0.3) is 11.8 Å². The molecule has 15 heteroatoms. The van der Waals surface area contributed by atoms with Crippen LogP contribution in [0.15, 0.2) is 59.1 Å². The van der Waals surface area contributed by atoms with Crippen LogP contribution < -0.4 is 19.1 Å². The Morgan fingerprint density at radius 3 is 2.70 bits per heavy atom. The number of hydrogen-bond acceptors (Lipinski definition) is 10. The standard InChI is InChI=1S/C42H54ClN5O8S/c1-8-29-21-48-24-42(18-10-12-30-19-32(43)15-16-34(30)42)25-54-37-17-14-31(20-35(37)48)38(49)45-57(52,46-39(50)33-22-47(6)44-40(33)53-7)23-27(4)11-9-13-36(28(29)5)56-41(51)55-26(2)3/h9,13-17,19-20,22,26-29,36H,8,10-12,18,21,23-25H2,1-7H3,(H,45,46,49,50,52)/b13-9-/t27-,28+,29-,36-,42-,57?/m0/s1. The van der Waals surface area contributed by atoms with Gasteiger partial charge in [0.2, 0.25) is 5.88 Å². The number of rotatable bonds is 6. The van der Waals surface area contributed by atoms with Gasteiger partial charge in [0.15, 0.2) is 0 Å². The van der Waals surface area contributed by atoms with E-state index in [1.54, 1.807) is 39.1 Å². The molecule has 13 nitrogen and oxygen atoms in total. The summed E-state index contributed by atoms with van der Waals surface area (Å²) < 4.78 is 46.3. The van der Waals surface area contributed by atoms with Gasteiger partial charge >= 0.3 is 6.16 Å². The number of carbonyl (C=O) groups excluding carboxylic acids is 3. The van der Waals surface area contributed by atoms with Crippen LogP contribution in [0, 0.1) is 17.8 Å². The number of amides is 2. The molecule has 2 aromatic carbocycles. The molecular formula is C42H54ClN5O8S. The first-order valence-electron chi connectivity index (χ1n) is 19.7. The first-order valence-corrected chi connectivity index (χ1v) is 21.7. The number of carbonyl (C=O) groups is 3. The molecule has 3 heterocycles. The van der Waals surface area contributed by atoms with Crippen molar-refractivity contribution in [1.29, 1.82) is 0 Å². The summed E-state index contributed by atoms with van der Waals surface area (Å²) in [6.45, 7) is 11.2. The molecule has 0 saturated heterocycles. The molecule has 0 saturated carbocycles. The second kappa shape index (κ2) is 17.5. The lowest BCUT2D eigenvalue weighted by molar-refractivity contribution is -0.00155. The van der Waals surface area contributed by atoms with Crippen molar-refractivity contribution in [3.63, 3.8) is 0 Å². The molecule has 1 unspecified atom stereocenters. The second-order valence-electron chi connectivity index (χ2n) is 15.9. The summed E-state index contributed by atoms with van der Waals surface area (Å²) in [4.78, 5) is 43.0. The number of halogens is 1. The maximum absolute atomic E-state index is 14.7. The molecule has 2 aliphatic heterocycles. The van der Waals surface area contributed by atoms with Crippen molar-refractivity contribution in [2.75, 3.05) is 37.5 Å². The first-order chi connectivity index (χ1) is 27.1. The molecule has 3 aliphatic rings. The van der Waals surface area contributed by atoms with Crippen molar-refractivity contribution < 1.29 is 37.5 Å². The number of ether oxygens (including phenoxy) is 4. The lowest BCUT2D eigenvalue weighted by atomic mass is 9.70. The van der Waals surface area contributed by atoms with Crippen LogP contribution in [0.5, 0.6) is 11.6 Å². The molecule has 2 bridgehead atoms. The van der Waals surface area contributed by atoms with E-state index in [0.29, 0.717) is 42.6 Å². The van der Waals surface area contributed by atoms with E-state index in [1.807, 2.05) is 31.2 Å². The first kappa shape index (κ1) is 42.1. The highest BCUT2D eigenvalue weighted by Crippen LogP contribution is 2.45. The van der Waals surface area contributed by atoms with Crippen LogP contribution in [-0.2, 0) is 38.3 Å². The van der Waals surface area contributed by atoms with Gasteiger partial charge in [0.05, 0.1) is 31.3 Å². The predicted octanol–water partition coefficient (Wildman–Crippen LogP) is 7.70. The van der Waals surface area contributed by atoms with Crippen molar-refractivity contribution in [3.05, 3.63) is 82.0 Å². The summed E-state index contributed by atoms with van der Waals surface area (Å²) in [5.74, 6) is -1.42. The number of anilines is 1. The van der Waals surface area contributed by atoms with Crippen LogP contribution in [0.3, 0.4) is 0 Å². The SMILES string of the molecule is CC[C@H]1CN2C[C@@]3(CCCc4cc(Cl)ccc43)COc3ccc(cc32)C(=O)N=S(=O)(NC(=O)c2cn(C)nc2OC)C[C@@H](C)C/C=C\[C@H](OC(=O)OC(C)C)[C@@H]1C. The second-order valence-corrected chi connectivity index (χ2v) is 18.4. The third-order valence-corrected chi connectivity index (χ3v) is 13.4. The number of aryl methyl sites for hydroxylation is 2. The molecule has 1 aliphatic carbocycles. The van der Waals surface area contributed by atoms with E-state index in [9.17, 15) is 18.6 Å². The number of fused-ring (bicyclic) bond motifs is 3. The maximum atomic E-state index is 14.7. The van der Waals surface area contributed by atoms with Crippen LogP contribution >= 0.6 is 11.6 Å². The highest BCUT2D eigenvalue weighted by atomic mass is 35.5. The summed E-state index contributed by atoms with van der Waals surface area (Å²) in [5.41, 5.74) is 2.96. The summed E-state index contributed by atoms with van der Waals surface area (Å²) in [6.07, 6.45) is 7.36. The summed E-state index contributed by atoms with van der Waals surface area (Å²) in [7, 11) is -0.697. The molecule has 1 N–H and O–H groups in total. The summed E-state index contributed by atoms with van der Waals surface area (Å²) in [6, 6.07) is 11.2. The van der Waals surface area contributed by atoms with Gasteiger partial charge in [-0.05, 0) is 98.9 Å². The van der Waals surface area contributed by atoms with E-state index in [4.69, 9.17) is 30.5 Å². The monoisotopic (exact) mass is 823 g/mol. The fourth-order valence-corrected chi connectivity index (χ4v) is 10.4. The van der Waals surface area contributed by atoms with Crippen LogP contribution in [0.2, 0.25) is 5.02 Å². The minimum absolute atomic E-state index is 0.0237. The van der Waals surface area contributed by atoms with Crippen molar-refractivity contribution in [3.8, 4) is 11.6 Å². The third kappa shape index (κ3) is 9.60. The smallest absolute Gasteiger partial charge is 0.490 e. The Labute approximate surface area is 340 Å². The number of methoxy groups -OCH3 is 1. The minimum Gasteiger partial charge on any atom is -0.490 e. The van der Waals surface area contributed by atoms with Crippen LogP contribution in [-0.4, -0.2) is 76.7 Å². The zero-order chi connectivity index (χ0) is 41.1. The van der Waals surface area contributed by atoms with E-state index in [-0.39, 0.29) is 52.0 Å². The third-order valence-electron chi connectivity index (χ3n) is 11.2.